The molecular weight excluding hydrogens is 1020 g/mol. The van der Waals surface area contributed by atoms with Crippen molar-refractivity contribution in [3.05, 3.63) is 60.8 Å². The fraction of sp³-hybridized carbons (Fsp3) is 0.831. The molecule has 0 bridgehead atoms. The Morgan fingerprint density at radius 1 is 0.241 bits per heavy atom. The fourth-order valence-electron chi connectivity index (χ4n) is 11.0. The second-order valence-corrected chi connectivity index (χ2v) is 24.9. The highest BCUT2D eigenvalue weighted by Crippen LogP contribution is 2.19. The average Bonchev–Trinajstić information content (AvgIpc) is 3.49. The first-order valence-corrected chi connectivity index (χ1v) is 36.8. The molecule has 0 aliphatic carbocycles. The first kappa shape index (κ1) is 80.1. The van der Waals surface area contributed by atoms with Gasteiger partial charge in [-0.1, -0.05) is 351 Å². The number of rotatable bonds is 68. The van der Waals surface area contributed by atoms with Gasteiger partial charge in [-0.2, -0.15) is 0 Å². The lowest BCUT2D eigenvalue weighted by Crippen LogP contribution is -2.30. The third-order valence-corrected chi connectivity index (χ3v) is 16.5. The Kier molecular flexibility index (Phi) is 69.1. The smallest absolute Gasteiger partial charge is 0.306 e. The van der Waals surface area contributed by atoms with Crippen molar-refractivity contribution in [1.29, 1.82) is 0 Å². The van der Waals surface area contributed by atoms with Crippen LogP contribution >= 0.6 is 0 Å². The summed E-state index contributed by atoms with van der Waals surface area (Å²) in [6.07, 6.45) is 92.7. The Morgan fingerprint density at radius 2 is 0.458 bits per heavy atom. The van der Waals surface area contributed by atoms with Gasteiger partial charge in [-0.05, 0) is 83.5 Å². The van der Waals surface area contributed by atoms with Crippen molar-refractivity contribution >= 4 is 17.9 Å². The maximum absolute atomic E-state index is 12.9. The Bertz CT molecular complexity index is 1470. The quantitative estimate of drug-likeness (QED) is 0.0261. The number of carbonyl (C=O) groups excluding carboxylic acids is 3. The zero-order valence-corrected chi connectivity index (χ0v) is 55.7. The molecule has 0 amide bonds. The van der Waals surface area contributed by atoms with Crippen LogP contribution in [-0.4, -0.2) is 37.2 Å². The standard InChI is InChI=1S/C77H140O6/c1-4-7-10-13-16-19-22-25-27-29-31-32-33-34-35-36-37-38-39-40-41-42-43-44-46-47-49-52-55-58-61-64-67-70-76(79)82-73-74(72-81-75(78)69-66-63-60-57-54-51-24-21-18-15-12-9-6-3)83-77(80)71-68-65-62-59-56-53-50-48-45-30-28-26-23-20-17-14-11-8-5-2/h12,15,21-22,24-25,29,31,33-34,74H,4-11,13-14,16-20,23,26-28,30,32,35-73H2,1-3H3/b15-12-,24-21-,25-22-,31-29-,34-33-. The summed E-state index contributed by atoms with van der Waals surface area (Å²) in [6, 6.07) is 0. The number of unbranched alkanes of at least 4 members (excludes halogenated alkanes) is 47. The van der Waals surface area contributed by atoms with E-state index in [9.17, 15) is 14.4 Å². The molecule has 0 heterocycles. The van der Waals surface area contributed by atoms with Crippen molar-refractivity contribution in [3.63, 3.8) is 0 Å². The van der Waals surface area contributed by atoms with Gasteiger partial charge in [-0.25, -0.2) is 0 Å². The van der Waals surface area contributed by atoms with E-state index in [0.717, 1.165) is 96.3 Å². The molecule has 0 aromatic rings. The van der Waals surface area contributed by atoms with E-state index >= 15 is 0 Å². The van der Waals surface area contributed by atoms with Gasteiger partial charge in [0, 0.05) is 19.3 Å². The number of hydrogen-bond acceptors (Lipinski definition) is 6. The van der Waals surface area contributed by atoms with Crippen LogP contribution in [0, 0.1) is 0 Å². The van der Waals surface area contributed by atoms with E-state index in [2.05, 4.69) is 81.5 Å². The number of esters is 3. The maximum atomic E-state index is 12.9. The summed E-state index contributed by atoms with van der Waals surface area (Å²) in [5.41, 5.74) is 0. The van der Waals surface area contributed by atoms with Gasteiger partial charge < -0.3 is 14.2 Å². The SMILES string of the molecule is CCC/C=C\C/C=C\CCCCCCCC(=O)OCC(COC(=O)CCCCCCCCCCCCCCCCCCCC/C=C\C/C=C\C/C=C\CCCCCCC)OC(=O)CCCCCCCCCCCCCCCCCCCCC. The minimum Gasteiger partial charge on any atom is -0.462 e. The van der Waals surface area contributed by atoms with Gasteiger partial charge in [-0.15, -0.1) is 0 Å². The van der Waals surface area contributed by atoms with E-state index < -0.39 is 6.10 Å². The van der Waals surface area contributed by atoms with Crippen LogP contribution in [0.5, 0.6) is 0 Å². The number of ether oxygens (including phenoxy) is 3. The van der Waals surface area contributed by atoms with E-state index in [1.165, 1.54) is 257 Å². The lowest BCUT2D eigenvalue weighted by atomic mass is 10.0. The molecule has 0 aromatic carbocycles. The number of hydrogen-bond donors (Lipinski definition) is 0. The predicted molar refractivity (Wildman–Crippen MR) is 362 cm³/mol. The van der Waals surface area contributed by atoms with Gasteiger partial charge in [0.25, 0.3) is 0 Å². The molecule has 0 fully saturated rings. The Balaban J connectivity index is 4.15. The number of allylic oxidation sites excluding steroid dienone is 10. The molecule has 0 aliphatic heterocycles. The van der Waals surface area contributed by atoms with Gasteiger partial charge >= 0.3 is 17.9 Å². The summed E-state index contributed by atoms with van der Waals surface area (Å²) in [5, 5.41) is 0. The zero-order valence-electron chi connectivity index (χ0n) is 55.7. The maximum Gasteiger partial charge on any atom is 0.306 e. The molecule has 0 spiro atoms. The third-order valence-electron chi connectivity index (χ3n) is 16.5. The largest absolute Gasteiger partial charge is 0.462 e. The van der Waals surface area contributed by atoms with Crippen LogP contribution in [0.15, 0.2) is 60.8 Å². The van der Waals surface area contributed by atoms with Gasteiger partial charge in [0.15, 0.2) is 6.10 Å². The van der Waals surface area contributed by atoms with Crippen LogP contribution in [0.25, 0.3) is 0 Å². The van der Waals surface area contributed by atoms with Crippen molar-refractivity contribution in [1.82, 2.24) is 0 Å². The molecular formula is C77H140O6. The summed E-state index contributed by atoms with van der Waals surface area (Å²) in [5.74, 6) is -0.862. The molecule has 0 aliphatic rings. The zero-order chi connectivity index (χ0) is 59.9. The van der Waals surface area contributed by atoms with E-state index in [-0.39, 0.29) is 31.1 Å². The molecule has 1 atom stereocenters. The molecule has 0 rings (SSSR count). The van der Waals surface area contributed by atoms with Crippen molar-refractivity contribution in [2.45, 2.75) is 399 Å². The van der Waals surface area contributed by atoms with Crippen molar-refractivity contribution < 1.29 is 28.6 Å². The highest BCUT2D eigenvalue weighted by atomic mass is 16.6. The van der Waals surface area contributed by atoms with Gasteiger partial charge in [0.1, 0.15) is 13.2 Å². The molecule has 0 saturated heterocycles. The van der Waals surface area contributed by atoms with Gasteiger partial charge in [-0.3, -0.25) is 14.4 Å². The highest BCUT2D eigenvalue weighted by molar-refractivity contribution is 5.71. The van der Waals surface area contributed by atoms with Gasteiger partial charge in [0.2, 0.25) is 0 Å². The van der Waals surface area contributed by atoms with Crippen molar-refractivity contribution in [2.24, 2.45) is 0 Å². The van der Waals surface area contributed by atoms with Crippen molar-refractivity contribution in [3.8, 4) is 0 Å². The topological polar surface area (TPSA) is 78.9 Å². The summed E-state index contributed by atoms with van der Waals surface area (Å²) in [4.78, 5) is 38.4. The van der Waals surface area contributed by atoms with Crippen LogP contribution < -0.4 is 0 Å². The predicted octanol–water partition coefficient (Wildman–Crippen LogP) is 25.5. The van der Waals surface area contributed by atoms with Crippen LogP contribution in [0.3, 0.4) is 0 Å². The Hall–Kier alpha value is -2.89. The lowest BCUT2D eigenvalue weighted by Gasteiger charge is -2.18. The van der Waals surface area contributed by atoms with Crippen molar-refractivity contribution in [2.75, 3.05) is 13.2 Å². The summed E-state index contributed by atoms with van der Waals surface area (Å²) >= 11 is 0. The average molecular weight is 1160 g/mol. The minimum atomic E-state index is -0.778. The van der Waals surface area contributed by atoms with Crippen LogP contribution in [0.4, 0.5) is 0 Å². The number of carbonyl (C=O) groups is 3. The second-order valence-electron chi connectivity index (χ2n) is 24.9. The second kappa shape index (κ2) is 71.6. The minimum absolute atomic E-state index is 0.0733. The van der Waals surface area contributed by atoms with E-state index in [1.54, 1.807) is 0 Å². The molecule has 0 N–H and O–H groups in total. The summed E-state index contributed by atoms with van der Waals surface area (Å²) in [7, 11) is 0. The van der Waals surface area contributed by atoms with E-state index in [0.29, 0.717) is 19.3 Å². The fourth-order valence-corrected chi connectivity index (χ4v) is 11.0. The molecule has 6 nitrogen and oxygen atoms in total. The van der Waals surface area contributed by atoms with E-state index in [1.807, 2.05) is 0 Å². The first-order chi connectivity index (χ1) is 41.0. The van der Waals surface area contributed by atoms with E-state index in [4.69, 9.17) is 14.2 Å². The monoisotopic (exact) mass is 1160 g/mol. The lowest BCUT2D eigenvalue weighted by molar-refractivity contribution is -0.167. The normalized spacial score (nSPS) is 12.4. The Labute approximate surface area is 517 Å². The molecule has 0 saturated carbocycles. The molecule has 1 unspecified atom stereocenters. The third kappa shape index (κ3) is 69.8. The van der Waals surface area contributed by atoms with Crippen LogP contribution in [0.2, 0.25) is 0 Å². The van der Waals surface area contributed by atoms with Crippen LogP contribution in [0.1, 0.15) is 393 Å². The summed E-state index contributed by atoms with van der Waals surface area (Å²) < 4.78 is 17.0. The molecule has 6 heteroatoms. The van der Waals surface area contributed by atoms with Crippen LogP contribution in [-0.2, 0) is 28.6 Å². The molecule has 0 aromatic heterocycles. The molecule has 484 valence electrons. The first-order valence-electron chi connectivity index (χ1n) is 36.8. The Morgan fingerprint density at radius 3 is 0.723 bits per heavy atom. The summed E-state index contributed by atoms with van der Waals surface area (Å²) in [6.45, 7) is 6.62. The molecule has 83 heavy (non-hydrogen) atoms. The highest BCUT2D eigenvalue weighted by Gasteiger charge is 2.19. The van der Waals surface area contributed by atoms with Gasteiger partial charge in [0.05, 0.1) is 0 Å². The molecule has 0 radical (unpaired) electrons.